The number of hydroxylamine groups is 2. The normalized spacial score (nSPS) is 10.0. The van der Waals surface area contributed by atoms with E-state index in [1.807, 2.05) is 69.3 Å². The number of aryl methyl sites for hydroxylation is 2. The standard InChI is InChI=1S/C17H20N2O2/c1-4-19(17(20)18-15-11-6-5-7-12-15)21-16-13(2)9-8-10-14(16)3/h5-12H,4H2,1-3H3,(H,18,20). The van der Waals surface area contributed by atoms with E-state index in [1.165, 1.54) is 5.06 Å². The zero-order chi connectivity index (χ0) is 15.2. The van der Waals surface area contributed by atoms with Gasteiger partial charge in [-0.15, -0.1) is 0 Å². The van der Waals surface area contributed by atoms with Gasteiger partial charge >= 0.3 is 6.03 Å². The van der Waals surface area contributed by atoms with Crippen molar-refractivity contribution in [2.24, 2.45) is 0 Å². The number of amides is 2. The Bertz CT molecular complexity index is 591. The van der Waals surface area contributed by atoms with E-state index in [0.29, 0.717) is 6.54 Å². The molecular weight excluding hydrogens is 264 g/mol. The van der Waals surface area contributed by atoms with Crippen molar-refractivity contribution in [3.63, 3.8) is 0 Å². The average Bonchev–Trinajstić information content (AvgIpc) is 2.48. The minimum atomic E-state index is -0.286. The van der Waals surface area contributed by atoms with E-state index in [9.17, 15) is 4.79 Å². The number of nitrogens with zero attached hydrogens (tertiary/aromatic N) is 1. The van der Waals surface area contributed by atoms with Crippen LogP contribution in [-0.4, -0.2) is 17.6 Å². The number of anilines is 1. The lowest BCUT2D eigenvalue weighted by Gasteiger charge is -2.23. The highest BCUT2D eigenvalue weighted by molar-refractivity contribution is 5.88. The molecule has 0 aliphatic heterocycles. The highest BCUT2D eigenvalue weighted by Crippen LogP contribution is 2.23. The number of carbonyl (C=O) groups excluding carboxylic acids is 1. The van der Waals surface area contributed by atoms with Crippen molar-refractivity contribution in [2.45, 2.75) is 20.8 Å². The van der Waals surface area contributed by atoms with Crippen LogP contribution in [-0.2, 0) is 0 Å². The largest absolute Gasteiger partial charge is 0.375 e. The minimum Gasteiger partial charge on any atom is -0.375 e. The molecule has 2 amide bonds. The molecule has 0 atom stereocenters. The molecule has 0 heterocycles. The van der Waals surface area contributed by atoms with E-state index in [0.717, 1.165) is 22.6 Å². The van der Waals surface area contributed by atoms with Crippen LogP contribution in [0.5, 0.6) is 5.75 Å². The van der Waals surface area contributed by atoms with Crippen LogP contribution >= 0.6 is 0 Å². The number of urea groups is 1. The first-order valence-corrected chi connectivity index (χ1v) is 6.99. The summed E-state index contributed by atoms with van der Waals surface area (Å²) < 4.78 is 0. The molecule has 0 radical (unpaired) electrons. The molecule has 0 spiro atoms. The van der Waals surface area contributed by atoms with E-state index in [-0.39, 0.29) is 6.03 Å². The van der Waals surface area contributed by atoms with Crippen LogP contribution in [0, 0.1) is 13.8 Å². The quantitative estimate of drug-likeness (QED) is 0.857. The third-order valence-electron chi connectivity index (χ3n) is 3.15. The first-order chi connectivity index (χ1) is 10.1. The molecule has 21 heavy (non-hydrogen) atoms. The van der Waals surface area contributed by atoms with Crippen LogP contribution in [0.1, 0.15) is 18.1 Å². The lowest BCUT2D eigenvalue weighted by Crippen LogP contribution is -2.37. The SMILES string of the molecule is CCN(Oc1c(C)cccc1C)C(=O)Nc1ccccc1. The van der Waals surface area contributed by atoms with Crippen molar-refractivity contribution >= 4 is 11.7 Å². The van der Waals surface area contributed by atoms with Gasteiger partial charge < -0.3 is 10.2 Å². The molecule has 0 aromatic heterocycles. The van der Waals surface area contributed by atoms with E-state index in [1.54, 1.807) is 0 Å². The van der Waals surface area contributed by atoms with Crippen LogP contribution in [0.3, 0.4) is 0 Å². The van der Waals surface area contributed by atoms with Crippen molar-refractivity contribution in [1.82, 2.24) is 5.06 Å². The van der Waals surface area contributed by atoms with Gasteiger partial charge in [-0.2, -0.15) is 5.06 Å². The van der Waals surface area contributed by atoms with Gasteiger partial charge in [-0.05, 0) is 44.0 Å². The van der Waals surface area contributed by atoms with E-state index in [4.69, 9.17) is 4.84 Å². The summed E-state index contributed by atoms with van der Waals surface area (Å²) in [5.41, 5.74) is 2.74. The van der Waals surface area contributed by atoms with Crippen molar-refractivity contribution in [2.75, 3.05) is 11.9 Å². The molecule has 0 unspecified atom stereocenters. The Kier molecular flexibility index (Phi) is 4.82. The Morgan fingerprint density at radius 1 is 1.05 bits per heavy atom. The summed E-state index contributed by atoms with van der Waals surface area (Å²) >= 11 is 0. The zero-order valence-corrected chi connectivity index (χ0v) is 12.6. The Hall–Kier alpha value is -2.49. The van der Waals surface area contributed by atoms with E-state index < -0.39 is 0 Å². The zero-order valence-electron chi connectivity index (χ0n) is 12.6. The summed E-state index contributed by atoms with van der Waals surface area (Å²) in [7, 11) is 0. The first-order valence-electron chi connectivity index (χ1n) is 6.99. The molecule has 2 aromatic carbocycles. The second kappa shape index (κ2) is 6.79. The van der Waals surface area contributed by atoms with Gasteiger partial charge in [0.1, 0.15) is 0 Å². The van der Waals surface area contributed by atoms with E-state index >= 15 is 0 Å². The molecule has 0 saturated heterocycles. The fourth-order valence-corrected chi connectivity index (χ4v) is 2.01. The summed E-state index contributed by atoms with van der Waals surface area (Å²) in [5, 5.41) is 4.14. The van der Waals surface area contributed by atoms with E-state index in [2.05, 4.69) is 5.32 Å². The summed E-state index contributed by atoms with van der Waals surface area (Å²) in [6, 6.07) is 14.9. The van der Waals surface area contributed by atoms with Crippen molar-refractivity contribution in [1.29, 1.82) is 0 Å². The second-order valence-electron chi connectivity index (χ2n) is 4.80. The van der Waals surface area contributed by atoms with Gasteiger partial charge in [0.2, 0.25) is 0 Å². The van der Waals surface area contributed by atoms with Crippen molar-refractivity contribution < 1.29 is 9.63 Å². The smallest absolute Gasteiger partial charge is 0.354 e. The van der Waals surface area contributed by atoms with Gasteiger partial charge in [-0.25, -0.2) is 4.79 Å². The molecule has 4 nitrogen and oxygen atoms in total. The summed E-state index contributed by atoms with van der Waals surface area (Å²) in [6.45, 7) is 6.25. The fourth-order valence-electron chi connectivity index (χ4n) is 2.01. The van der Waals surface area contributed by atoms with Gasteiger partial charge in [-0.3, -0.25) is 0 Å². The highest BCUT2D eigenvalue weighted by atomic mass is 16.7. The topological polar surface area (TPSA) is 41.6 Å². The molecule has 0 bridgehead atoms. The Balaban J connectivity index is 2.11. The first kappa shape index (κ1) is 14.9. The molecule has 1 N–H and O–H groups in total. The van der Waals surface area contributed by atoms with Crippen molar-refractivity contribution in [3.8, 4) is 5.75 Å². The van der Waals surface area contributed by atoms with Crippen LogP contribution in [0.15, 0.2) is 48.5 Å². The van der Waals surface area contributed by atoms with Gasteiger partial charge in [-0.1, -0.05) is 36.4 Å². The maximum atomic E-state index is 12.3. The fraction of sp³-hybridized carbons (Fsp3) is 0.235. The molecule has 0 fully saturated rings. The predicted octanol–water partition coefficient (Wildman–Crippen LogP) is 4.15. The molecule has 2 aromatic rings. The maximum absolute atomic E-state index is 12.3. The number of benzene rings is 2. The average molecular weight is 284 g/mol. The summed E-state index contributed by atoms with van der Waals surface area (Å²) in [6.07, 6.45) is 0. The molecule has 110 valence electrons. The van der Waals surface area contributed by atoms with Gasteiger partial charge in [0.25, 0.3) is 0 Å². The predicted molar refractivity (Wildman–Crippen MR) is 84.4 cm³/mol. The monoisotopic (exact) mass is 284 g/mol. The van der Waals surface area contributed by atoms with Crippen LogP contribution in [0.2, 0.25) is 0 Å². The van der Waals surface area contributed by atoms with Crippen LogP contribution in [0.4, 0.5) is 10.5 Å². The molecule has 4 heteroatoms. The Morgan fingerprint density at radius 2 is 1.67 bits per heavy atom. The number of hydrogen-bond acceptors (Lipinski definition) is 2. The van der Waals surface area contributed by atoms with Gasteiger partial charge in [0.05, 0.1) is 6.54 Å². The van der Waals surface area contributed by atoms with Crippen LogP contribution < -0.4 is 10.2 Å². The number of rotatable bonds is 4. The minimum absolute atomic E-state index is 0.286. The summed E-state index contributed by atoms with van der Waals surface area (Å²) in [4.78, 5) is 18.0. The molecule has 2 rings (SSSR count). The summed E-state index contributed by atoms with van der Waals surface area (Å²) in [5.74, 6) is 0.725. The van der Waals surface area contributed by atoms with Crippen molar-refractivity contribution in [3.05, 3.63) is 59.7 Å². The second-order valence-corrected chi connectivity index (χ2v) is 4.80. The Morgan fingerprint density at radius 3 is 2.24 bits per heavy atom. The third-order valence-corrected chi connectivity index (χ3v) is 3.15. The maximum Gasteiger partial charge on any atom is 0.354 e. The van der Waals surface area contributed by atoms with Crippen LogP contribution in [0.25, 0.3) is 0 Å². The Labute approximate surface area is 125 Å². The molecule has 0 aliphatic rings. The lowest BCUT2D eigenvalue weighted by molar-refractivity contribution is -0.00308. The molecule has 0 aliphatic carbocycles. The lowest BCUT2D eigenvalue weighted by atomic mass is 10.1. The molecule has 0 saturated carbocycles. The van der Waals surface area contributed by atoms with Gasteiger partial charge in [0.15, 0.2) is 5.75 Å². The third kappa shape index (κ3) is 3.75. The number of hydrogen-bond donors (Lipinski definition) is 1. The number of para-hydroxylation sites is 2. The number of nitrogens with one attached hydrogen (secondary N) is 1. The van der Waals surface area contributed by atoms with Gasteiger partial charge in [0, 0.05) is 5.69 Å². The highest BCUT2D eigenvalue weighted by Gasteiger charge is 2.16. The molecular formula is C17H20N2O2. The number of carbonyl (C=O) groups is 1.